The number of rotatable bonds is 9. The molecule has 2 rings (SSSR count). The fraction of sp³-hybridized carbons (Fsp3) is 0.304. The van der Waals surface area contributed by atoms with Crippen molar-refractivity contribution < 1.29 is 28.2 Å². The molecule has 0 saturated carbocycles. The zero-order valence-corrected chi connectivity index (χ0v) is 18.9. The van der Waals surface area contributed by atoms with Crippen molar-refractivity contribution in [2.45, 2.75) is 13.3 Å². The maximum atomic E-state index is 14.4. The zero-order chi connectivity index (χ0) is 23.1. The molecular weight excluding hydrogens is 425 g/mol. The lowest BCUT2D eigenvalue weighted by atomic mass is 9.96. The molecule has 0 aromatic heterocycles. The number of ether oxygens (including phenoxy) is 3. The lowest BCUT2D eigenvalue weighted by molar-refractivity contribution is -0.138. The minimum atomic E-state index is -0.749. The summed E-state index contributed by atoms with van der Waals surface area (Å²) >= 11 is 5.89. The van der Waals surface area contributed by atoms with Crippen LogP contribution in [0, 0.1) is 5.82 Å². The Morgan fingerprint density at radius 3 is 2.35 bits per heavy atom. The normalized spacial score (nSPS) is 11.1. The van der Waals surface area contributed by atoms with Crippen molar-refractivity contribution in [1.29, 1.82) is 0 Å². The van der Waals surface area contributed by atoms with Gasteiger partial charge in [-0.3, -0.25) is 4.79 Å². The molecule has 0 atom stereocenters. The molecule has 0 fully saturated rings. The summed E-state index contributed by atoms with van der Waals surface area (Å²) in [4.78, 5) is 27.3. The van der Waals surface area contributed by atoms with E-state index >= 15 is 0 Å². The summed E-state index contributed by atoms with van der Waals surface area (Å²) in [6.45, 7) is 1.77. The highest BCUT2D eigenvalue weighted by Gasteiger charge is 2.26. The van der Waals surface area contributed by atoms with Crippen molar-refractivity contribution in [2.75, 3.05) is 34.9 Å². The predicted octanol–water partition coefficient (Wildman–Crippen LogP) is 4.28. The molecule has 166 valence electrons. The lowest BCUT2D eigenvalue weighted by Crippen LogP contribution is -2.20. The minimum absolute atomic E-state index is 0.000193. The number of benzene rings is 2. The molecule has 0 spiro atoms. The molecule has 6 nitrogen and oxygen atoms in total. The predicted molar refractivity (Wildman–Crippen MR) is 116 cm³/mol. The van der Waals surface area contributed by atoms with Crippen molar-refractivity contribution >= 4 is 23.4 Å². The second-order valence-corrected chi connectivity index (χ2v) is 7.22. The fourth-order valence-electron chi connectivity index (χ4n) is 2.99. The van der Waals surface area contributed by atoms with Gasteiger partial charge < -0.3 is 19.1 Å². The van der Waals surface area contributed by atoms with Gasteiger partial charge in [0.1, 0.15) is 22.9 Å². The van der Waals surface area contributed by atoms with E-state index in [-0.39, 0.29) is 34.9 Å². The first-order chi connectivity index (χ1) is 14.7. The van der Waals surface area contributed by atoms with E-state index < -0.39 is 17.6 Å². The standard InChI is InChI=1S/C23H25ClFNO5/c1-6-31-23(28)17(13-26(2)3)22(27)16-11-15(19(29-4)12-20(16)30-5)10-14-8-7-9-18(24)21(14)25/h7-9,11-13H,6,10H2,1-5H3/b17-13-. The first-order valence-corrected chi connectivity index (χ1v) is 9.89. The average molecular weight is 450 g/mol. The van der Waals surface area contributed by atoms with Gasteiger partial charge in [-0.1, -0.05) is 23.7 Å². The zero-order valence-electron chi connectivity index (χ0n) is 18.1. The van der Waals surface area contributed by atoms with Gasteiger partial charge in [0.15, 0.2) is 0 Å². The fourth-order valence-corrected chi connectivity index (χ4v) is 3.18. The molecule has 0 bridgehead atoms. The Kier molecular flexibility index (Phi) is 8.45. The van der Waals surface area contributed by atoms with Crippen LogP contribution in [0.4, 0.5) is 4.39 Å². The topological polar surface area (TPSA) is 65.1 Å². The van der Waals surface area contributed by atoms with Gasteiger partial charge in [-0.15, -0.1) is 0 Å². The highest BCUT2D eigenvalue weighted by Crippen LogP contribution is 2.33. The van der Waals surface area contributed by atoms with Crippen LogP contribution in [0.2, 0.25) is 5.02 Å². The van der Waals surface area contributed by atoms with Gasteiger partial charge in [-0.2, -0.15) is 0 Å². The molecule has 0 heterocycles. The number of esters is 1. The number of carbonyl (C=O) groups is 2. The molecule has 0 amide bonds. The van der Waals surface area contributed by atoms with Crippen LogP contribution >= 0.6 is 11.6 Å². The summed E-state index contributed by atoms with van der Waals surface area (Å²) in [5.74, 6) is -1.26. The highest BCUT2D eigenvalue weighted by atomic mass is 35.5. The Morgan fingerprint density at radius 2 is 1.77 bits per heavy atom. The quantitative estimate of drug-likeness (QED) is 0.187. The molecule has 0 saturated heterocycles. The van der Waals surface area contributed by atoms with Crippen LogP contribution in [0.5, 0.6) is 11.5 Å². The molecular formula is C23H25ClFNO5. The number of halogens is 2. The lowest BCUT2D eigenvalue weighted by Gasteiger charge is -2.16. The van der Waals surface area contributed by atoms with Crippen molar-refractivity contribution in [3.63, 3.8) is 0 Å². The summed E-state index contributed by atoms with van der Waals surface area (Å²) < 4.78 is 30.3. The molecule has 0 aliphatic carbocycles. The number of carbonyl (C=O) groups excluding carboxylic acids is 2. The van der Waals surface area contributed by atoms with E-state index in [1.165, 1.54) is 38.6 Å². The Balaban J connectivity index is 2.60. The van der Waals surface area contributed by atoms with E-state index in [2.05, 4.69) is 0 Å². The molecule has 31 heavy (non-hydrogen) atoms. The van der Waals surface area contributed by atoms with Gasteiger partial charge in [0.2, 0.25) is 5.78 Å². The third kappa shape index (κ3) is 5.76. The maximum absolute atomic E-state index is 14.4. The Bertz CT molecular complexity index is 1000. The van der Waals surface area contributed by atoms with Crippen molar-refractivity contribution in [3.05, 3.63) is 69.6 Å². The van der Waals surface area contributed by atoms with Gasteiger partial charge in [0.05, 0.1) is 31.4 Å². The van der Waals surface area contributed by atoms with Crippen LogP contribution in [0.3, 0.4) is 0 Å². The maximum Gasteiger partial charge on any atom is 0.343 e. The van der Waals surface area contributed by atoms with Crippen molar-refractivity contribution in [2.24, 2.45) is 0 Å². The molecule has 8 heteroatoms. The van der Waals surface area contributed by atoms with Crippen LogP contribution in [0.15, 0.2) is 42.1 Å². The number of nitrogens with zero attached hydrogens (tertiary/aromatic N) is 1. The molecule has 0 aliphatic heterocycles. The molecule has 0 N–H and O–H groups in total. The summed E-state index contributed by atoms with van der Waals surface area (Å²) in [5, 5.41) is -0.000193. The number of hydrogen-bond donors (Lipinski definition) is 0. The van der Waals surface area contributed by atoms with Gasteiger partial charge >= 0.3 is 5.97 Å². The molecule has 2 aromatic carbocycles. The number of hydrogen-bond acceptors (Lipinski definition) is 6. The van der Waals surface area contributed by atoms with Gasteiger partial charge in [0.25, 0.3) is 0 Å². The van der Waals surface area contributed by atoms with Crippen molar-refractivity contribution in [1.82, 2.24) is 4.90 Å². The van der Waals surface area contributed by atoms with E-state index in [4.69, 9.17) is 25.8 Å². The second kappa shape index (κ2) is 10.8. The second-order valence-electron chi connectivity index (χ2n) is 6.81. The van der Waals surface area contributed by atoms with E-state index in [1.54, 1.807) is 38.1 Å². The third-order valence-electron chi connectivity index (χ3n) is 4.39. The largest absolute Gasteiger partial charge is 0.496 e. The Morgan fingerprint density at radius 1 is 1.10 bits per heavy atom. The number of Topliss-reactive ketones (excluding diaryl/α,β-unsaturated/α-hetero) is 1. The van der Waals surface area contributed by atoms with Crippen LogP contribution in [0.25, 0.3) is 0 Å². The highest BCUT2D eigenvalue weighted by molar-refractivity contribution is 6.30. The molecule has 0 radical (unpaired) electrons. The van der Waals surface area contributed by atoms with E-state index in [9.17, 15) is 14.0 Å². The molecule has 0 unspecified atom stereocenters. The summed E-state index contributed by atoms with van der Waals surface area (Å²) in [5.41, 5.74) is 0.835. The van der Waals surface area contributed by atoms with E-state index in [0.717, 1.165) is 0 Å². The molecule has 0 aliphatic rings. The minimum Gasteiger partial charge on any atom is -0.496 e. The summed E-state index contributed by atoms with van der Waals surface area (Å²) in [6.07, 6.45) is 1.51. The van der Waals surface area contributed by atoms with Crippen LogP contribution in [0.1, 0.15) is 28.4 Å². The first kappa shape index (κ1) is 24.2. The van der Waals surface area contributed by atoms with Crippen LogP contribution < -0.4 is 9.47 Å². The SMILES string of the molecule is CCOC(=O)/C(=C\N(C)C)C(=O)c1cc(Cc2cccc(Cl)c2F)c(OC)cc1OC. The van der Waals surface area contributed by atoms with Crippen LogP contribution in [-0.2, 0) is 16.0 Å². The van der Waals surface area contributed by atoms with Crippen LogP contribution in [-0.4, -0.2) is 51.6 Å². The van der Waals surface area contributed by atoms with Gasteiger partial charge in [0, 0.05) is 32.8 Å². The van der Waals surface area contributed by atoms with Crippen molar-refractivity contribution in [3.8, 4) is 11.5 Å². The third-order valence-corrected chi connectivity index (χ3v) is 4.68. The van der Waals surface area contributed by atoms with E-state index in [1.807, 2.05) is 0 Å². The molecule has 2 aromatic rings. The smallest absolute Gasteiger partial charge is 0.343 e. The Labute approximate surface area is 186 Å². The Hall–Kier alpha value is -3.06. The van der Waals surface area contributed by atoms with E-state index in [0.29, 0.717) is 16.9 Å². The summed E-state index contributed by atoms with van der Waals surface area (Å²) in [7, 11) is 6.24. The van der Waals surface area contributed by atoms with Gasteiger partial charge in [-0.05, 0) is 30.2 Å². The average Bonchev–Trinajstić information content (AvgIpc) is 2.74. The summed E-state index contributed by atoms with van der Waals surface area (Å²) in [6, 6.07) is 7.76. The number of ketones is 1. The first-order valence-electron chi connectivity index (χ1n) is 9.51. The number of methoxy groups -OCH3 is 2. The monoisotopic (exact) mass is 449 g/mol. The van der Waals surface area contributed by atoms with Gasteiger partial charge in [-0.25, -0.2) is 9.18 Å².